The third-order valence-corrected chi connectivity index (χ3v) is 8.27. The normalized spacial score (nSPS) is 12.4. The highest BCUT2D eigenvalue weighted by molar-refractivity contribution is 8.00. The molecule has 3 aromatic carbocycles. The van der Waals surface area contributed by atoms with Crippen LogP contribution in [0.1, 0.15) is 34.8 Å². The lowest BCUT2D eigenvalue weighted by atomic mass is 10.1. The molecule has 0 bridgehead atoms. The number of hydrogen-bond acceptors (Lipinski definition) is 5. The van der Waals surface area contributed by atoms with Crippen molar-refractivity contribution >= 4 is 58.3 Å². The number of alkyl halides is 3. The van der Waals surface area contributed by atoms with Crippen molar-refractivity contribution in [3.8, 4) is 0 Å². The topological polar surface area (TPSA) is 87.3 Å². The van der Waals surface area contributed by atoms with Crippen molar-refractivity contribution in [1.29, 1.82) is 0 Å². The van der Waals surface area contributed by atoms with Crippen LogP contribution in [0.2, 0.25) is 0 Å². The molecule has 1 atom stereocenters. The molecule has 46 heavy (non-hydrogen) atoms. The highest BCUT2D eigenvalue weighted by atomic mass is 32.2. The van der Waals surface area contributed by atoms with Gasteiger partial charge in [0.25, 0.3) is 11.8 Å². The van der Waals surface area contributed by atoms with E-state index in [1.165, 1.54) is 48.6 Å². The molecule has 3 N–H and O–H groups in total. The van der Waals surface area contributed by atoms with Gasteiger partial charge in [0.1, 0.15) is 16.9 Å². The Bertz CT molecular complexity index is 1750. The summed E-state index contributed by atoms with van der Waals surface area (Å²) in [5, 5.41) is 9.30. The van der Waals surface area contributed by atoms with Crippen molar-refractivity contribution in [1.82, 2.24) is 5.32 Å². The van der Waals surface area contributed by atoms with Crippen LogP contribution in [0.3, 0.4) is 0 Å². The molecule has 1 aromatic heterocycles. The lowest BCUT2D eigenvalue weighted by Gasteiger charge is -2.18. The van der Waals surface area contributed by atoms with Crippen LogP contribution in [-0.4, -0.2) is 23.0 Å². The summed E-state index contributed by atoms with van der Waals surface area (Å²) in [6, 6.07) is 16.0. The predicted molar refractivity (Wildman–Crippen MR) is 161 cm³/mol. The second-order valence-corrected chi connectivity index (χ2v) is 11.5. The third kappa shape index (κ3) is 8.14. The molecular formula is C31H22F7N3O3S2. The average molecular weight is 682 g/mol. The maximum Gasteiger partial charge on any atom is 0.422 e. The molecule has 1 heterocycles. The summed E-state index contributed by atoms with van der Waals surface area (Å²) in [6.07, 6.45) is -4.23. The Morgan fingerprint density at radius 3 is 2.15 bits per heavy atom. The first kappa shape index (κ1) is 34.2. The number of carbonyl (C=O) groups excluding carboxylic acids is 3. The van der Waals surface area contributed by atoms with E-state index < -0.39 is 63.7 Å². The number of thiophene rings is 1. The Balaban J connectivity index is 1.51. The Kier molecular flexibility index (Phi) is 10.9. The second kappa shape index (κ2) is 14.6. The van der Waals surface area contributed by atoms with Gasteiger partial charge < -0.3 is 16.0 Å². The fraction of sp³-hybridized carbons (Fsp3) is 0.129. The van der Waals surface area contributed by atoms with E-state index in [0.717, 1.165) is 11.8 Å². The summed E-state index contributed by atoms with van der Waals surface area (Å²) in [6.45, 7) is 1.51. The van der Waals surface area contributed by atoms with Gasteiger partial charge in [0, 0.05) is 16.1 Å². The summed E-state index contributed by atoms with van der Waals surface area (Å²) in [7, 11) is 0. The van der Waals surface area contributed by atoms with Crippen LogP contribution in [0.4, 0.5) is 42.1 Å². The van der Waals surface area contributed by atoms with Gasteiger partial charge in [-0.3, -0.25) is 14.4 Å². The number of anilines is 2. The SMILES string of the molecule is CCC(Sc1cccc(NC(=O)/C(=C/c2ccsc2)NC(=O)c2ccccc2)c1)C(=O)Nc1c(F)c(F)c(C(F)(F)F)c(F)c1F. The first-order valence-electron chi connectivity index (χ1n) is 13.2. The zero-order chi connectivity index (χ0) is 33.6. The molecule has 0 aliphatic carbocycles. The van der Waals surface area contributed by atoms with Crippen LogP contribution >= 0.6 is 23.1 Å². The number of benzene rings is 3. The van der Waals surface area contributed by atoms with E-state index in [-0.39, 0.29) is 17.8 Å². The number of nitrogens with one attached hydrogen (secondary N) is 3. The molecule has 0 saturated heterocycles. The lowest BCUT2D eigenvalue weighted by Crippen LogP contribution is -2.30. The van der Waals surface area contributed by atoms with Gasteiger partial charge in [-0.1, -0.05) is 31.2 Å². The summed E-state index contributed by atoms with van der Waals surface area (Å²) in [5.74, 6) is -12.6. The van der Waals surface area contributed by atoms with Gasteiger partial charge in [0.05, 0.1) is 5.25 Å². The maximum atomic E-state index is 14.3. The molecule has 15 heteroatoms. The molecular weight excluding hydrogens is 659 g/mol. The first-order chi connectivity index (χ1) is 21.8. The van der Waals surface area contributed by atoms with E-state index in [0.29, 0.717) is 16.0 Å². The van der Waals surface area contributed by atoms with E-state index in [1.54, 1.807) is 52.5 Å². The van der Waals surface area contributed by atoms with Crippen molar-refractivity contribution in [3.63, 3.8) is 0 Å². The molecule has 0 aliphatic rings. The van der Waals surface area contributed by atoms with Gasteiger partial charge in [-0.25, -0.2) is 17.6 Å². The van der Waals surface area contributed by atoms with Gasteiger partial charge in [0.15, 0.2) is 23.3 Å². The smallest absolute Gasteiger partial charge is 0.321 e. The van der Waals surface area contributed by atoms with Crippen LogP contribution in [0, 0.1) is 23.3 Å². The van der Waals surface area contributed by atoms with Crippen LogP contribution < -0.4 is 16.0 Å². The summed E-state index contributed by atoms with van der Waals surface area (Å²) < 4.78 is 95.5. The summed E-state index contributed by atoms with van der Waals surface area (Å²) in [5.41, 5.74) is -3.32. The summed E-state index contributed by atoms with van der Waals surface area (Å²) >= 11 is 2.23. The van der Waals surface area contributed by atoms with Crippen molar-refractivity contribution in [2.75, 3.05) is 10.6 Å². The van der Waals surface area contributed by atoms with E-state index in [1.807, 2.05) is 0 Å². The minimum Gasteiger partial charge on any atom is -0.321 e. The standard InChI is InChI=1S/C31H22F7N3O3S2/c1-2-21(30(44)41-27-25(34)23(32)22(31(36,37)38)24(33)26(27)35)46-19-10-6-9-18(14-19)39-29(43)20(13-16-11-12-45-15-16)40-28(42)17-7-4-3-5-8-17/h3-15,21H,2H2,1H3,(H,39,43)(H,40,42)(H,41,44)/b20-13-. The zero-order valence-electron chi connectivity index (χ0n) is 23.5. The van der Waals surface area contributed by atoms with Crippen LogP contribution in [0.5, 0.6) is 0 Å². The fourth-order valence-electron chi connectivity index (χ4n) is 3.99. The molecule has 4 rings (SSSR count). The van der Waals surface area contributed by atoms with Gasteiger partial charge in [0.2, 0.25) is 5.91 Å². The Labute approximate surface area is 265 Å². The predicted octanol–water partition coefficient (Wildman–Crippen LogP) is 8.24. The molecule has 4 aromatic rings. The number of carbonyl (C=O) groups is 3. The van der Waals surface area contributed by atoms with Gasteiger partial charge in [-0.05, 0) is 65.2 Å². The van der Waals surface area contributed by atoms with Crippen molar-refractivity contribution in [2.24, 2.45) is 0 Å². The fourth-order valence-corrected chi connectivity index (χ4v) is 5.62. The van der Waals surface area contributed by atoms with Crippen LogP contribution in [0.15, 0.2) is 82.0 Å². The highest BCUT2D eigenvalue weighted by Crippen LogP contribution is 2.39. The molecule has 0 spiro atoms. The first-order valence-corrected chi connectivity index (χ1v) is 15.0. The van der Waals surface area contributed by atoms with Crippen LogP contribution in [0.25, 0.3) is 6.08 Å². The largest absolute Gasteiger partial charge is 0.422 e. The quantitative estimate of drug-likeness (QED) is 0.0681. The van der Waals surface area contributed by atoms with Gasteiger partial charge >= 0.3 is 6.18 Å². The molecule has 6 nitrogen and oxygen atoms in total. The molecule has 0 radical (unpaired) electrons. The molecule has 240 valence electrons. The highest BCUT2D eigenvalue weighted by Gasteiger charge is 2.42. The minimum absolute atomic E-state index is 0.0148. The van der Waals surface area contributed by atoms with E-state index in [4.69, 9.17) is 0 Å². The van der Waals surface area contributed by atoms with Gasteiger partial charge in [-0.15, -0.1) is 11.8 Å². The van der Waals surface area contributed by atoms with Crippen molar-refractivity contribution in [3.05, 3.63) is 117 Å². The molecule has 0 aliphatic heterocycles. The van der Waals surface area contributed by atoms with E-state index in [2.05, 4.69) is 10.6 Å². The summed E-state index contributed by atoms with van der Waals surface area (Å²) in [4.78, 5) is 39.2. The monoisotopic (exact) mass is 681 g/mol. The number of amides is 3. The molecule has 3 amide bonds. The van der Waals surface area contributed by atoms with Crippen molar-refractivity contribution < 1.29 is 45.1 Å². The Morgan fingerprint density at radius 2 is 1.57 bits per heavy atom. The van der Waals surface area contributed by atoms with Crippen LogP contribution in [-0.2, 0) is 15.8 Å². The molecule has 0 fully saturated rings. The zero-order valence-corrected chi connectivity index (χ0v) is 25.1. The average Bonchev–Trinajstić information content (AvgIpc) is 3.53. The molecule has 0 saturated carbocycles. The lowest BCUT2D eigenvalue weighted by molar-refractivity contribution is -0.143. The Morgan fingerprint density at radius 1 is 0.891 bits per heavy atom. The van der Waals surface area contributed by atoms with Gasteiger partial charge in [-0.2, -0.15) is 24.5 Å². The third-order valence-electron chi connectivity index (χ3n) is 6.21. The maximum absolute atomic E-state index is 14.3. The minimum atomic E-state index is -5.73. The number of halogens is 7. The number of rotatable bonds is 10. The van der Waals surface area contributed by atoms with E-state index in [9.17, 15) is 45.1 Å². The number of hydrogen-bond donors (Lipinski definition) is 3. The van der Waals surface area contributed by atoms with Crippen molar-refractivity contribution in [2.45, 2.75) is 29.7 Å². The Hall–Kier alpha value is -4.63. The number of thioether (sulfide) groups is 1. The molecule has 1 unspecified atom stereocenters. The second-order valence-electron chi connectivity index (χ2n) is 9.42. The van der Waals surface area contributed by atoms with E-state index >= 15 is 0 Å².